The Morgan fingerprint density at radius 2 is 2.00 bits per heavy atom. The molecule has 2 aromatic rings. The van der Waals surface area contributed by atoms with E-state index in [4.69, 9.17) is 17.3 Å². The van der Waals surface area contributed by atoms with Gasteiger partial charge in [-0.1, -0.05) is 11.6 Å². The Labute approximate surface area is 92.1 Å². The smallest absolute Gasteiger partial charge is 0.125 e. The van der Waals surface area contributed by atoms with Crippen molar-refractivity contribution in [3.8, 4) is 17.0 Å². The molecule has 0 fully saturated rings. The first kappa shape index (κ1) is 9.80. The van der Waals surface area contributed by atoms with Gasteiger partial charge in [0.25, 0.3) is 0 Å². The number of aromatic nitrogens is 1. The summed E-state index contributed by atoms with van der Waals surface area (Å²) in [4.78, 5) is 4.11. The Hall–Kier alpha value is -1.74. The number of hydrogen-bond donors (Lipinski definition) is 2. The van der Waals surface area contributed by atoms with E-state index in [1.165, 1.54) is 12.3 Å². The predicted molar refractivity (Wildman–Crippen MR) is 60.8 cm³/mol. The van der Waals surface area contributed by atoms with Crippen LogP contribution in [0, 0.1) is 0 Å². The van der Waals surface area contributed by atoms with E-state index in [0.29, 0.717) is 22.0 Å². The van der Waals surface area contributed by atoms with Crippen LogP contribution < -0.4 is 5.73 Å². The molecule has 4 heteroatoms. The van der Waals surface area contributed by atoms with Crippen molar-refractivity contribution in [1.82, 2.24) is 4.98 Å². The van der Waals surface area contributed by atoms with Crippen molar-refractivity contribution in [3.05, 3.63) is 41.6 Å². The van der Waals surface area contributed by atoms with E-state index < -0.39 is 0 Å². The molecule has 76 valence electrons. The summed E-state index contributed by atoms with van der Waals surface area (Å²) in [6, 6.07) is 8.28. The molecule has 0 unspecified atom stereocenters. The van der Waals surface area contributed by atoms with E-state index in [0.717, 1.165) is 0 Å². The van der Waals surface area contributed by atoms with E-state index in [1.807, 2.05) is 0 Å². The number of hydrogen-bond acceptors (Lipinski definition) is 3. The summed E-state index contributed by atoms with van der Waals surface area (Å²) in [6.07, 6.45) is 1.54. The summed E-state index contributed by atoms with van der Waals surface area (Å²) < 4.78 is 0. The third-order valence-corrected chi connectivity index (χ3v) is 2.26. The van der Waals surface area contributed by atoms with E-state index in [1.54, 1.807) is 24.3 Å². The minimum Gasteiger partial charge on any atom is -0.507 e. The van der Waals surface area contributed by atoms with Crippen molar-refractivity contribution in [2.75, 3.05) is 5.73 Å². The highest BCUT2D eigenvalue weighted by atomic mass is 35.5. The van der Waals surface area contributed by atoms with Crippen molar-refractivity contribution in [1.29, 1.82) is 0 Å². The lowest BCUT2D eigenvalue weighted by Gasteiger charge is -2.04. The first-order valence-electron chi connectivity index (χ1n) is 4.37. The van der Waals surface area contributed by atoms with E-state index in [9.17, 15) is 5.11 Å². The second kappa shape index (κ2) is 3.79. The molecule has 15 heavy (non-hydrogen) atoms. The highest BCUT2D eigenvalue weighted by molar-refractivity contribution is 6.30. The maximum absolute atomic E-state index is 9.63. The Morgan fingerprint density at radius 1 is 1.20 bits per heavy atom. The van der Waals surface area contributed by atoms with Gasteiger partial charge in [0.15, 0.2) is 0 Å². The molecule has 2 rings (SSSR count). The number of rotatable bonds is 1. The molecule has 0 atom stereocenters. The molecule has 1 heterocycles. The van der Waals surface area contributed by atoms with Gasteiger partial charge in [-0.25, -0.2) is 0 Å². The summed E-state index contributed by atoms with van der Waals surface area (Å²) in [5.74, 6) is 0.150. The van der Waals surface area contributed by atoms with Crippen molar-refractivity contribution >= 4 is 17.3 Å². The molecule has 0 aliphatic rings. The molecule has 0 aliphatic heterocycles. The van der Waals surface area contributed by atoms with Crippen molar-refractivity contribution in [3.63, 3.8) is 0 Å². The number of anilines is 1. The molecule has 0 aliphatic carbocycles. The fraction of sp³-hybridized carbons (Fsp3) is 0. The van der Waals surface area contributed by atoms with Gasteiger partial charge >= 0.3 is 0 Å². The molecule has 3 nitrogen and oxygen atoms in total. The van der Waals surface area contributed by atoms with Gasteiger partial charge in [0, 0.05) is 10.6 Å². The van der Waals surface area contributed by atoms with Gasteiger partial charge in [-0.05, 0) is 30.3 Å². The first-order chi connectivity index (χ1) is 7.16. The number of benzene rings is 1. The topological polar surface area (TPSA) is 59.1 Å². The zero-order valence-electron chi connectivity index (χ0n) is 7.81. The number of pyridine rings is 1. The number of aromatic hydroxyl groups is 1. The fourth-order valence-electron chi connectivity index (χ4n) is 1.28. The van der Waals surface area contributed by atoms with Crippen molar-refractivity contribution in [2.45, 2.75) is 0 Å². The largest absolute Gasteiger partial charge is 0.507 e. The number of phenolic OH excluding ortho intramolecular Hbond substituents is 1. The van der Waals surface area contributed by atoms with Crippen LogP contribution in [0.1, 0.15) is 0 Å². The molecule has 0 saturated carbocycles. The van der Waals surface area contributed by atoms with Crippen LogP contribution in [0.25, 0.3) is 11.3 Å². The molecular formula is C11H9ClN2O. The second-order valence-electron chi connectivity index (χ2n) is 3.14. The predicted octanol–water partition coefficient (Wildman–Crippen LogP) is 2.69. The molecule has 0 bridgehead atoms. The van der Waals surface area contributed by atoms with Gasteiger partial charge in [0.2, 0.25) is 0 Å². The monoisotopic (exact) mass is 220 g/mol. The quantitative estimate of drug-likeness (QED) is 0.777. The van der Waals surface area contributed by atoms with Crippen LogP contribution in [0.15, 0.2) is 36.5 Å². The van der Waals surface area contributed by atoms with Gasteiger partial charge in [0.1, 0.15) is 5.75 Å². The van der Waals surface area contributed by atoms with Gasteiger partial charge in [-0.3, -0.25) is 4.98 Å². The summed E-state index contributed by atoms with van der Waals surface area (Å²) in [5.41, 5.74) is 7.35. The Bertz CT molecular complexity index is 482. The Morgan fingerprint density at radius 3 is 2.67 bits per heavy atom. The summed E-state index contributed by atoms with van der Waals surface area (Å²) >= 11 is 5.83. The average molecular weight is 221 g/mol. The fourth-order valence-corrected chi connectivity index (χ4v) is 1.45. The molecule has 0 saturated heterocycles. The number of nitrogens with zero attached hydrogens (tertiary/aromatic N) is 1. The van der Waals surface area contributed by atoms with E-state index in [-0.39, 0.29) is 5.75 Å². The minimum absolute atomic E-state index is 0.150. The number of phenols is 1. The van der Waals surface area contributed by atoms with Crippen LogP contribution in [0.3, 0.4) is 0 Å². The lowest BCUT2D eigenvalue weighted by Crippen LogP contribution is -1.88. The van der Waals surface area contributed by atoms with E-state index in [2.05, 4.69) is 4.98 Å². The van der Waals surface area contributed by atoms with Gasteiger partial charge < -0.3 is 10.8 Å². The first-order valence-corrected chi connectivity index (χ1v) is 4.75. The lowest BCUT2D eigenvalue weighted by molar-refractivity contribution is 0.477. The number of halogens is 1. The third-order valence-electron chi connectivity index (χ3n) is 2.02. The SMILES string of the molecule is Nc1ccc(-c2cc(Cl)ccc2O)nc1. The standard InChI is InChI=1S/C11H9ClN2O/c12-7-1-4-11(15)9(5-7)10-3-2-8(13)6-14-10/h1-6,15H,13H2. The molecule has 3 N–H and O–H groups in total. The molecule has 1 aromatic carbocycles. The zero-order valence-corrected chi connectivity index (χ0v) is 8.57. The van der Waals surface area contributed by atoms with Crippen LogP contribution in [-0.4, -0.2) is 10.1 Å². The number of nitrogen functional groups attached to an aromatic ring is 1. The van der Waals surface area contributed by atoms with Gasteiger partial charge in [-0.2, -0.15) is 0 Å². The molecule has 0 radical (unpaired) electrons. The van der Waals surface area contributed by atoms with Crippen molar-refractivity contribution < 1.29 is 5.11 Å². The van der Waals surface area contributed by atoms with Crippen LogP contribution in [0.4, 0.5) is 5.69 Å². The normalized spacial score (nSPS) is 10.2. The minimum atomic E-state index is 0.150. The highest BCUT2D eigenvalue weighted by Gasteiger charge is 2.05. The third kappa shape index (κ3) is 2.02. The van der Waals surface area contributed by atoms with Crippen LogP contribution in [0.2, 0.25) is 5.02 Å². The van der Waals surface area contributed by atoms with Crippen molar-refractivity contribution in [2.24, 2.45) is 0 Å². The summed E-state index contributed by atoms with van der Waals surface area (Å²) in [6.45, 7) is 0. The Balaban J connectivity index is 2.53. The maximum atomic E-state index is 9.63. The van der Waals surface area contributed by atoms with Crippen LogP contribution in [0.5, 0.6) is 5.75 Å². The Kier molecular flexibility index (Phi) is 2.47. The number of nitrogens with two attached hydrogens (primary N) is 1. The van der Waals surface area contributed by atoms with Gasteiger partial charge in [-0.15, -0.1) is 0 Å². The molecular weight excluding hydrogens is 212 g/mol. The zero-order chi connectivity index (χ0) is 10.8. The summed E-state index contributed by atoms with van der Waals surface area (Å²) in [5, 5.41) is 10.2. The van der Waals surface area contributed by atoms with Gasteiger partial charge in [0.05, 0.1) is 17.6 Å². The molecule has 1 aromatic heterocycles. The average Bonchev–Trinajstić information content (AvgIpc) is 2.23. The lowest BCUT2D eigenvalue weighted by atomic mass is 10.1. The molecule has 0 spiro atoms. The molecule has 0 amide bonds. The van der Waals surface area contributed by atoms with E-state index >= 15 is 0 Å². The van der Waals surface area contributed by atoms with Crippen LogP contribution in [-0.2, 0) is 0 Å². The summed E-state index contributed by atoms with van der Waals surface area (Å²) in [7, 11) is 0. The second-order valence-corrected chi connectivity index (χ2v) is 3.57. The highest BCUT2D eigenvalue weighted by Crippen LogP contribution is 2.30. The van der Waals surface area contributed by atoms with Crippen LogP contribution >= 0.6 is 11.6 Å². The maximum Gasteiger partial charge on any atom is 0.125 e.